The fourth-order valence-electron chi connectivity index (χ4n) is 4.24. The van der Waals surface area contributed by atoms with Crippen molar-refractivity contribution >= 4 is 17.3 Å². The van der Waals surface area contributed by atoms with Crippen LogP contribution in [0.3, 0.4) is 0 Å². The maximum atomic E-state index is 6.46. The molecule has 138 valence electrons. The zero-order chi connectivity index (χ0) is 18.3. The van der Waals surface area contributed by atoms with Gasteiger partial charge in [-0.3, -0.25) is 0 Å². The fraction of sp³-hybridized carbons (Fsp3) is 0.429. The van der Waals surface area contributed by atoms with Crippen molar-refractivity contribution < 1.29 is 14.2 Å². The molecule has 0 spiro atoms. The van der Waals surface area contributed by atoms with E-state index in [0.29, 0.717) is 22.4 Å². The van der Waals surface area contributed by atoms with E-state index in [4.69, 9.17) is 25.8 Å². The normalized spacial score (nSPS) is 24.2. The maximum Gasteiger partial charge on any atom is 0.179 e. The second kappa shape index (κ2) is 7.01. The van der Waals surface area contributed by atoms with E-state index in [2.05, 4.69) is 30.4 Å². The van der Waals surface area contributed by atoms with E-state index in [1.165, 1.54) is 11.1 Å². The molecule has 0 unspecified atom stereocenters. The molecule has 2 aromatic rings. The van der Waals surface area contributed by atoms with Crippen LogP contribution in [-0.4, -0.2) is 20.8 Å². The van der Waals surface area contributed by atoms with E-state index >= 15 is 0 Å². The summed E-state index contributed by atoms with van der Waals surface area (Å²) < 4.78 is 17.1. The van der Waals surface area contributed by atoms with Gasteiger partial charge in [0, 0.05) is 23.8 Å². The molecular weight excluding hydrogens is 350 g/mol. The third-order valence-corrected chi connectivity index (χ3v) is 5.72. The molecule has 4 nitrogen and oxygen atoms in total. The predicted octanol–water partition coefficient (Wildman–Crippen LogP) is 5.30. The van der Waals surface area contributed by atoms with Crippen LogP contribution in [0.5, 0.6) is 11.5 Å². The van der Waals surface area contributed by atoms with Gasteiger partial charge < -0.3 is 19.5 Å². The number of nitrogens with one attached hydrogen (secondary N) is 1. The summed E-state index contributed by atoms with van der Waals surface area (Å²) in [6.07, 6.45) is 2.29. The summed E-state index contributed by atoms with van der Waals surface area (Å²) >= 11 is 6.46. The van der Waals surface area contributed by atoms with Gasteiger partial charge in [0.2, 0.25) is 0 Å². The minimum atomic E-state index is 0.108. The molecule has 2 aromatic carbocycles. The molecule has 2 aliphatic heterocycles. The van der Waals surface area contributed by atoms with Gasteiger partial charge in [-0.15, -0.1) is 0 Å². The Labute approximate surface area is 159 Å². The summed E-state index contributed by atoms with van der Waals surface area (Å²) in [6.45, 7) is 2.94. The van der Waals surface area contributed by atoms with Gasteiger partial charge in [-0.25, -0.2) is 0 Å². The summed E-state index contributed by atoms with van der Waals surface area (Å²) in [7, 11) is 3.24. The molecule has 0 bridgehead atoms. The van der Waals surface area contributed by atoms with Crippen LogP contribution in [0, 0.1) is 12.8 Å². The minimum Gasteiger partial charge on any atom is -0.493 e. The smallest absolute Gasteiger partial charge is 0.179 e. The van der Waals surface area contributed by atoms with E-state index in [9.17, 15) is 0 Å². The van der Waals surface area contributed by atoms with Crippen molar-refractivity contribution in [2.75, 3.05) is 26.1 Å². The first-order chi connectivity index (χ1) is 12.6. The third kappa shape index (κ3) is 2.91. The number of hydrogen-bond acceptors (Lipinski definition) is 4. The fourth-order valence-corrected chi connectivity index (χ4v) is 4.53. The Kier molecular flexibility index (Phi) is 4.72. The lowest BCUT2D eigenvalue weighted by Crippen LogP contribution is -2.36. The second-order valence-electron chi connectivity index (χ2n) is 7.05. The number of hydrogen-bond donors (Lipinski definition) is 1. The molecule has 2 aliphatic rings. The van der Waals surface area contributed by atoms with Crippen LogP contribution in [0.15, 0.2) is 30.3 Å². The molecule has 3 atom stereocenters. The van der Waals surface area contributed by atoms with Crippen molar-refractivity contribution in [1.82, 2.24) is 0 Å². The molecule has 0 aliphatic carbocycles. The molecule has 0 saturated carbocycles. The Bertz CT molecular complexity index is 823. The minimum absolute atomic E-state index is 0.108. The van der Waals surface area contributed by atoms with Crippen LogP contribution in [0.25, 0.3) is 0 Å². The quantitative estimate of drug-likeness (QED) is 0.792. The summed E-state index contributed by atoms with van der Waals surface area (Å²) in [5, 5.41) is 4.28. The van der Waals surface area contributed by atoms with Gasteiger partial charge in [0.15, 0.2) is 11.5 Å². The Hall–Kier alpha value is -1.91. The first kappa shape index (κ1) is 17.5. The largest absolute Gasteiger partial charge is 0.493 e. The Morgan fingerprint density at radius 2 is 2.00 bits per heavy atom. The maximum absolute atomic E-state index is 6.46. The van der Waals surface area contributed by atoms with Gasteiger partial charge in [-0.2, -0.15) is 0 Å². The molecule has 26 heavy (non-hydrogen) atoms. The van der Waals surface area contributed by atoms with Crippen molar-refractivity contribution in [1.29, 1.82) is 0 Å². The van der Waals surface area contributed by atoms with Gasteiger partial charge in [0.1, 0.15) is 0 Å². The number of anilines is 1. The zero-order valence-corrected chi connectivity index (χ0v) is 16.1. The van der Waals surface area contributed by atoms with Crippen LogP contribution in [0.2, 0.25) is 5.02 Å². The standard InChI is InChI=1S/C21H24ClNO3/c1-12-6-7-17-15(9-12)20-14(5-4-8-26-20)19(23-17)13-10-16(22)21(25-3)18(11-13)24-2/h6-7,9-11,14,19-20,23H,4-5,8H2,1-3H3/t14-,19-,20-/m0/s1. The van der Waals surface area contributed by atoms with Crippen molar-refractivity contribution in [3.63, 3.8) is 0 Å². The van der Waals surface area contributed by atoms with Crippen LogP contribution < -0.4 is 14.8 Å². The number of halogens is 1. The lowest BCUT2D eigenvalue weighted by molar-refractivity contribution is -0.0381. The van der Waals surface area contributed by atoms with Crippen LogP contribution in [0.4, 0.5) is 5.69 Å². The van der Waals surface area contributed by atoms with Crippen molar-refractivity contribution in [2.45, 2.75) is 31.9 Å². The second-order valence-corrected chi connectivity index (χ2v) is 7.46. The number of methoxy groups -OCH3 is 2. The Morgan fingerprint density at radius 3 is 2.77 bits per heavy atom. The average molecular weight is 374 g/mol. The van der Waals surface area contributed by atoms with Gasteiger partial charge in [0.05, 0.1) is 31.4 Å². The highest BCUT2D eigenvalue weighted by atomic mass is 35.5. The van der Waals surface area contributed by atoms with E-state index in [-0.39, 0.29) is 12.1 Å². The molecular formula is C21H24ClNO3. The van der Waals surface area contributed by atoms with Crippen LogP contribution >= 0.6 is 11.6 Å². The van der Waals surface area contributed by atoms with E-state index < -0.39 is 0 Å². The van der Waals surface area contributed by atoms with Crippen molar-refractivity contribution in [3.8, 4) is 11.5 Å². The molecule has 0 radical (unpaired) electrons. The Balaban J connectivity index is 1.79. The van der Waals surface area contributed by atoms with Gasteiger partial charge >= 0.3 is 0 Å². The van der Waals surface area contributed by atoms with E-state index in [1.807, 2.05) is 12.1 Å². The predicted molar refractivity (Wildman–Crippen MR) is 104 cm³/mol. The number of benzene rings is 2. The van der Waals surface area contributed by atoms with Gasteiger partial charge in [0.25, 0.3) is 0 Å². The van der Waals surface area contributed by atoms with Crippen molar-refractivity contribution in [3.05, 3.63) is 52.0 Å². The molecule has 0 aromatic heterocycles. The number of ether oxygens (including phenoxy) is 3. The molecule has 2 heterocycles. The lowest BCUT2D eigenvalue weighted by atomic mass is 9.77. The van der Waals surface area contributed by atoms with E-state index in [1.54, 1.807) is 14.2 Å². The highest BCUT2D eigenvalue weighted by Gasteiger charge is 2.40. The summed E-state index contributed by atoms with van der Waals surface area (Å²) in [6, 6.07) is 10.6. The lowest BCUT2D eigenvalue weighted by Gasteiger charge is -2.43. The van der Waals surface area contributed by atoms with Gasteiger partial charge in [-0.05, 0) is 43.5 Å². The van der Waals surface area contributed by atoms with E-state index in [0.717, 1.165) is 30.7 Å². The molecule has 5 heteroatoms. The highest BCUT2D eigenvalue weighted by molar-refractivity contribution is 6.32. The summed E-state index contributed by atoms with van der Waals surface area (Å²) in [5.74, 6) is 1.58. The monoisotopic (exact) mass is 373 g/mol. The van der Waals surface area contributed by atoms with Crippen LogP contribution in [0.1, 0.15) is 41.7 Å². The zero-order valence-electron chi connectivity index (χ0n) is 15.3. The topological polar surface area (TPSA) is 39.7 Å². The average Bonchev–Trinajstić information content (AvgIpc) is 2.66. The van der Waals surface area contributed by atoms with Gasteiger partial charge in [-0.1, -0.05) is 29.3 Å². The third-order valence-electron chi connectivity index (χ3n) is 5.44. The summed E-state index contributed by atoms with van der Waals surface area (Å²) in [4.78, 5) is 0. The molecule has 4 rings (SSSR count). The van der Waals surface area contributed by atoms with Crippen LogP contribution in [-0.2, 0) is 4.74 Å². The first-order valence-electron chi connectivity index (χ1n) is 9.02. The number of rotatable bonds is 3. The SMILES string of the molecule is COc1cc([C@@H]2Nc3ccc(C)cc3[C@H]3OCCC[C@H]32)cc(Cl)c1OC. The number of fused-ring (bicyclic) bond motifs is 3. The molecule has 1 fully saturated rings. The summed E-state index contributed by atoms with van der Waals surface area (Å²) in [5.41, 5.74) is 4.75. The van der Waals surface area contributed by atoms with Crippen molar-refractivity contribution in [2.24, 2.45) is 5.92 Å². The Morgan fingerprint density at radius 1 is 1.15 bits per heavy atom. The number of aryl methyl sites for hydroxylation is 1. The highest BCUT2D eigenvalue weighted by Crippen LogP contribution is 2.50. The first-order valence-corrected chi connectivity index (χ1v) is 9.40. The molecule has 1 saturated heterocycles. The molecule has 0 amide bonds. The molecule has 1 N–H and O–H groups in total.